The van der Waals surface area contributed by atoms with E-state index in [0.29, 0.717) is 0 Å². The minimum absolute atomic E-state index is 0.776. The third-order valence-electron chi connectivity index (χ3n) is 8.43. The highest BCUT2D eigenvalue weighted by atomic mass is 32.3. The molecule has 3 rings (SSSR count). The fraction of sp³-hybridized carbons (Fsp3) is 0.962. The standard InChI is InChI=1S/C26H47NO23S/c1-7-13(34)17(38)18(39)24(44-7)49-23-22(48-25-19(40)21(50-51(41,42)43)15(36)11(5-30)45-25)16(37)12(6-31)46-26(23)47-20(14(35)10(33)4-29)9(3-28)27-8(2)32/h7,9-26,28-31,33-40H,3-6H2,1-2H3,(H,27,32)(H,41,42,43)/t7-,9-,10+,11+,12+,13+,14-,15-,16-,17+,18-,19+,20+,21-,22-,23+,24-,25-,26-/m0/s1. The second-order valence-corrected chi connectivity index (χ2v) is 13.2. The molecule has 3 heterocycles. The Kier molecular flexibility index (Phi) is 16.2. The first kappa shape index (κ1) is 44.0. The van der Waals surface area contributed by atoms with Crippen LogP contribution in [0.4, 0.5) is 0 Å². The lowest BCUT2D eigenvalue weighted by Gasteiger charge is -2.50. The van der Waals surface area contributed by atoms with E-state index in [1.54, 1.807) is 0 Å². The van der Waals surface area contributed by atoms with E-state index in [1.807, 2.05) is 0 Å². The van der Waals surface area contributed by atoms with Gasteiger partial charge in [-0.3, -0.25) is 9.35 Å². The average molecular weight is 774 g/mol. The Balaban J connectivity index is 2.12. The lowest BCUT2D eigenvalue weighted by molar-refractivity contribution is -0.396. The molecule has 3 aliphatic heterocycles. The van der Waals surface area contributed by atoms with E-state index in [0.717, 1.165) is 6.92 Å². The zero-order valence-electron chi connectivity index (χ0n) is 27.1. The molecule has 0 spiro atoms. The highest BCUT2D eigenvalue weighted by Gasteiger charge is 2.56. The summed E-state index contributed by atoms with van der Waals surface area (Å²) >= 11 is 0. The van der Waals surface area contributed by atoms with Crippen molar-refractivity contribution in [2.45, 2.75) is 130 Å². The summed E-state index contributed by atoms with van der Waals surface area (Å²) in [6.07, 6.45) is -35.6. The lowest BCUT2D eigenvalue weighted by atomic mass is 9.95. The number of nitrogens with one attached hydrogen (secondary N) is 1. The summed E-state index contributed by atoms with van der Waals surface area (Å²) in [5, 5.41) is 127. The van der Waals surface area contributed by atoms with Crippen LogP contribution in [0.15, 0.2) is 0 Å². The van der Waals surface area contributed by atoms with Crippen LogP contribution in [-0.4, -0.2) is 223 Å². The zero-order valence-corrected chi connectivity index (χ0v) is 27.9. The van der Waals surface area contributed by atoms with Gasteiger partial charge in [0.1, 0.15) is 85.5 Å². The Labute approximate surface area is 290 Å². The van der Waals surface area contributed by atoms with Crippen LogP contribution in [0, 0.1) is 0 Å². The quantitative estimate of drug-likeness (QED) is 0.0647. The van der Waals surface area contributed by atoms with E-state index in [2.05, 4.69) is 9.50 Å². The topological polar surface area (TPSA) is 391 Å². The van der Waals surface area contributed by atoms with E-state index in [1.165, 1.54) is 6.92 Å². The molecular formula is C26H47NO23S. The van der Waals surface area contributed by atoms with Crippen LogP contribution in [0.2, 0.25) is 0 Å². The van der Waals surface area contributed by atoms with Crippen LogP contribution in [0.5, 0.6) is 0 Å². The first-order valence-corrected chi connectivity index (χ1v) is 16.9. The largest absolute Gasteiger partial charge is 0.397 e. The molecule has 300 valence electrons. The molecule has 0 aromatic rings. The molecule has 1 amide bonds. The van der Waals surface area contributed by atoms with Gasteiger partial charge in [-0.05, 0) is 6.92 Å². The molecule has 0 unspecified atom stereocenters. The van der Waals surface area contributed by atoms with Crippen molar-refractivity contribution in [1.29, 1.82) is 0 Å². The Morgan fingerprint density at radius 1 is 0.725 bits per heavy atom. The highest BCUT2D eigenvalue weighted by molar-refractivity contribution is 7.80. The van der Waals surface area contributed by atoms with E-state index >= 15 is 0 Å². The summed E-state index contributed by atoms with van der Waals surface area (Å²) in [6, 6.07) is -1.58. The molecule has 3 saturated heterocycles. The molecule has 24 nitrogen and oxygen atoms in total. The van der Waals surface area contributed by atoms with Gasteiger partial charge < -0.3 is 95.0 Å². The number of hydrogen-bond acceptors (Lipinski definition) is 22. The number of ether oxygens (including phenoxy) is 6. The van der Waals surface area contributed by atoms with Gasteiger partial charge in [-0.15, -0.1) is 0 Å². The number of carbonyl (C=O) groups excluding carboxylic acids is 1. The molecule has 0 bridgehead atoms. The minimum Gasteiger partial charge on any atom is -0.394 e. The van der Waals surface area contributed by atoms with E-state index < -0.39 is 159 Å². The molecule has 3 aliphatic rings. The second kappa shape index (κ2) is 18.8. The van der Waals surface area contributed by atoms with Crippen molar-refractivity contribution in [3.05, 3.63) is 0 Å². The number of aliphatic hydroxyl groups is 12. The van der Waals surface area contributed by atoms with E-state index in [9.17, 15) is 79.0 Å². The van der Waals surface area contributed by atoms with Gasteiger partial charge in [-0.1, -0.05) is 0 Å². The average Bonchev–Trinajstić information content (AvgIpc) is 3.07. The summed E-state index contributed by atoms with van der Waals surface area (Å²) in [7, 11) is -5.37. The summed E-state index contributed by atoms with van der Waals surface area (Å²) in [5.41, 5.74) is 0. The van der Waals surface area contributed by atoms with Crippen molar-refractivity contribution in [2.75, 3.05) is 26.4 Å². The van der Waals surface area contributed by atoms with E-state index in [-0.39, 0.29) is 0 Å². The first-order chi connectivity index (χ1) is 23.8. The smallest absolute Gasteiger partial charge is 0.394 e. The summed E-state index contributed by atoms with van der Waals surface area (Å²) < 4.78 is 70.5. The number of rotatable bonds is 16. The summed E-state index contributed by atoms with van der Waals surface area (Å²) in [4.78, 5) is 11.9. The Morgan fingerprint density at radius 3 is 1.76 bits per heavy atom. The zero-order chi connectivity index (χ0) is 38.5. The van der Waals surface area contributed by atoms with Crippen LogP contribution >= 0.6 is 0 Å². The highest BCUT2D eigenvalue weighted by Crippen LogP contribution is 2.35. The molecule has 0 radical (unpaired) electrons. The molecule has 0 aliphatic carbocycles. The third kappa shape index (κ3) is 10.6. The molecule has 3 fully saturated rings. The maximum Gasteiger partial charge on any atom is 0.397 e. The van der Waals surface area contributed by atoms with Crippen molar-refractivity contribution in [1.82, 2.24) is 5.32 Å². The molecule has 19 atom stereocenters. The SMILES string of the molecule is CC(=O)N[C@@H](CO)[C@@H](O[C@@H]1O[C@H](CO)[C@H](O)[C@H](O[C@@H]2O[C@H](CO)[C@H](O)[C@H](OS(=O)(=O)O)[C@H]2O)[C@H]1O[C@@H]1O[C@@H](C)[C@@H](O)[C@@H](O)[C@@H]1O)[C@@H](O)[C@H](O)CO. The Morgan fingerprint density at radius 2 is 1.25 bits per heavy atom. The van der Waals surface area contributed by atoms with Gasteiger partial charge in [0.05, 0.1) is 38.6 Å². The van der Waals surface area contributed by atoms with Crippen molar-refractivity contribution in [3.8, 4) is 0 Å². The van der Waals surface area contributed by atoms with Crippen molar-refractivity contribution < 1.29 is 112 Å². The van der Waals surface area contributed by atoms with Gasteiger partial charge in [0.15, 0.2) is 18.9 Å². The van der Waals surface area contributed by atoms with Crippen molar-refractivity contribution >= 4 is 16.3 Å². The summed E-state index contributed by atoms with van der Waals surface area (Å²) in [5.74, 6) is -0.776. The maximum atomic E-state index is 11.9. The van der Waals surface area contributed by atoms with Gasteiger partial charge in [0, 0.05) is 6.92 Å². The van der Waals surface area contributed by atoms with Crippen LogP contribution < -0.4 is 5.32 Å². The number of hydrogen-bond donors (Lipinski definition) is 14. The van der Waals surface area contributed by atoms with Crippen LogP contribution in [-0.2, 0) is 47.8 Å². The monoisotopic (exact) mass is 773 g/mol. The Hall–Kier alpha value is -1.38. The van der Waals surface area contributed by atoms with Crippen LogP contribution in [0.3, 0.4) is 0 Å². The van der Waals surface area contributed by atoms with Gasteiger partial charge in [0.25, 0.3) is 0 Å². The third-order valence-corrected chi connectivity index (χ3v) is 8.90. The molecule has 0 aromatic heterocycles. The lowest BCUT2D eigenvalue weighted by Crippen LogP contribution is -2.68. The van der Waals surface area contributed by atoms with Crippen LogP contribution in [0.1, 0.15) is 13.8 Å². The fourth-order valence-electron chi connectivity index (χ4n) is 5.69. The minimum atomic E-state index is -5.37. The predicted molar refractivity (Wildman–Crippen MR) is 157 cm³/mol. The first-order valence-electron chi connectivity index (χ1n) is 15.5. The van der Waals surface area contributed by atoms with Gasteiger partial charge in [-0.25, -0.2) is 4.18 Å². The van der Waals surface area contributed by atoms with E-state index in [4.69, 9.17) is 28.4 Å². The number of amides is 1. The van der Waals surface area contributed by atoms with Gasteiger partial charge in [-0.2, -0.15) is 8.42 Å². The normalized spacial score (nSPS) is 41.7. The molecule has 25 heteroatoms. The van der Waals surface area contributed by atoms with Gasteiger partial charge in [0.2, 0.25) is 5.91 Å². The molecule has 0 saturated carbocycles. The van der Waals surface area contributed by atoms with Crippen LogP contribution in [0.25, 0.3) is 0 Å². The fourth-order valence-corrected chi connectivity index (χ4v) is 6.20. The van der Waals surface area contributed by atoms with Crippen molar-refractivity contribution in [2.24, 2.45) is 0 Å². The molecule has 14 N–H and O–H groups in total. The van der Waals surface area contributed by atoms with Gasteiger partial charge >= 0.3 is 10.4 Å². The number of carbonyl (C=O) groups is 1. The second-order valence-electron chi connectivity index (χ2n) is 12.1. The summed E-state index contributed by atoms with van der Waals surface area (Å²) in [6.45, 7) is -1.85. The Bertz CT molecular complexity index is 1200. The van der Waals surface area contributed by atoms with Crippen molar-refractivity contribution in [3.63, 3.8) is 0 Å². The maximum absolute atomic E-state index is 11.9. The molecular weight excluding hydrogens is 726 g/mol. The number of aliphatic hydroxyl groups excluding tert-OH is 12. The molecule has 51 heavy (non-hydrogen) atoms. The molecule has 0 aromatic carbocycles. The predicted octanol–water partition coefficient (Wildman–Crippen LogP) is -9.11.